The SMILES string of the molecule is CCCNC(CN1CCN(C)CC1C)(C(=O)OC)C1CC1. The summed E-state index contributed by atoms with van der Waals surface area (Å²) in [5.41, 5.74) is -0.505. The number of methoxy groups -OCH3 is 1. The highest BCUT2D eigenvalue weighted by molar-refractivity contribution is 5.82. The van der Waals surface area contributed by atoms with Gasteiger partial charge in [0.15, 0.2) is 0 Å². The molecule has 2 unspecified atom stereocenters. The van der Waals surface area contributed by atoms with Crippen molar-refractivity contribution in [2.45, 2.75) is 44.7 Å². The largest absolute Gasteiger partial charge is 0.468 e. The van der Waals surface area contributed by atoms with E-state index in [1.165, 1.54) is 7.11 Å². The minimum atomic E-state index is -0.505. The first-order valence-corrected chi connectivity index (χ1v) is 8.29. The van der Waals surface area contributed by atoms with Crippen LogP contribution in [-0.2, 0) is 9.53 Å². The maximum atomic E-state index is 12.5. The van der Waals surface area contributed by atoms with Crippen LogP contribution in [-0.4, -0.2) is 74.2 Å². The third-order valence-electron chi connectivity index (χ3n) is 4.94. The van der Waals surface area contributed by atoms with Crippen molar-refractivity contribution in [3.05, 3.63) is 0 Å². The molecular formula is C16H31N3O2. The first-order valence-electron chi connectivity index (χ1n) is 8.29. The van der Waals surface area contributed by atoms with Gasteiger partial charge in [0, 0.05) is 32.2 Å². The highest BCUT2D eigenvalue weighted by Crippen LogP contribution is 2.41. The molecule has 2 rings (SSSR count). The van der Waals surface area contributed by atoms with Gasteiger partial charge in [0.25, 0.3) is 0 Å². The van der Waals surface area contributed by atoms with Crippen molar-refractivity contribution in [2.24, 2.45) is 5.92 Å². The van der Waals surface area contributed by atoms with Crippen molar-refractivity contribution in [3.63, 3.8) is 0 Å². The number of nitrogens with zero attached hydrogens (tertiary/aromatic N) is 2. The van der Waals surface area contributed by atoms with Crippen molar-refractivity contribution in [3.8, 4) is 0 Å². The molecule has 2 aliphatic rings. The van der Waals surface area contributed by atoms with Crippen LogP contribution in [0.25, 0.3) is 0 Å². The molecule has 0 bridgehead atoms. The fraction of sp³-hybridized carbons (Fsp3) is 0.938. The van der Waals surface area contributed by atoms with Crippen LogP contribution in [0.5, 0.6) is 0 Å². The summed E-state index contributed by atoms with van der Waals surface area (Å²) < 4.78 is 5.17. The lowest BCUT2D eigenvalue weighted by molar-refractivity contribution is -0.151. The highest BCUT2D eigenvalue weighted by Gasteiger charge is 2.52. The summed E-state index contributed by atoms with van der Waals surface area (Å²) >= 11 is 0. The van der Waals surface area contributed by atoms with E-state index in [1.54, 1.807) is 0 Å². The monoisotopic (exact) mass is 297 g/mol. The molecule has 1 N–H and O–H groups in total. The van der Waals surface area contributed by atoms with Gasteiger partial charge < -0.3 is 15.0 Å². The van der Waals surface area contributed by atoms with E-state index in [9.17, 15) is 4.79 Å². The van der Waals surface area contributed by atoms with E-state index in [2.05, 4.69) is 36.0 Å². The van der Waals surface area contributed by atoms with Gasteiger partial charge in [-0.2, -0.15) is 0 Å². The third kappa shape index (κ3) is 3.76. The third-order valence-corrected chi connectivity index (χ3v) is 4.94. The second-order valence-electron chi connectivity index (χ2n) is 6.75. The van der Waals surface area contributed by atoms with Crippen LogP contribution in [0.4, 0.5) is 0 Å². The number of carbonyl (C=O) groups is 1. The minimum absolute atomic E-state index is 0.0791. The molecule has 2 fully saturated rings. The summed E-state index contributed by atoms with van der Waals surface area (Å²) in [7, 11) is 3.68. The fourth-order valence-electron chi connectivity index (χ4n) is 3.47. The molecule has 5 nitrogen and oxygen atoms in total. The zero-order valence-electron chi connectivity index (χ0n) is 14.0. The van der Waals surface area contributed by atoms with Gasteiger partial charge in [-0.05, 0) is 45.7 Å². The molecule has 5 heteroatoms. The highest BCUT2D eigenvalue weighted by atomic mass is 16.5. The molecule has 0 aromatic rings. The Morgan fingerprint density at radius 1 is 1.38 bits per heavy atom. The Morgan fingerprint density at radius 3 is 2.62 bits per heavy atom. The molecular weight excluding hydrogens is 266 g/mol. The van der Waals surface area contributed by atoms with Gasteiger partial charge in [-0.25, -0.2) is 4.79 Å². The summed E-state index contributed by atoms with van der Waals surface area (Å²) in [6.45, 7) is 9.20. The predicted molar refractivity (Wildman–Crippen MR) is 84.3 cm³/mol. The second-order valence-corrected chi connectivity index (χ2v) is 6.75. The van der Waals surface area contributed by atoms with E-state index in [1.807, 2.05) is 0 Å². The number of hydrogen-bond donors (Lipinski definition) is 1. The molecule has 1 aliphatic carbocycles. The maximum absolute atomic E-state index is 12.5. The van der Waals surface area contributed by atoms with Crippen LogP contribution in [0.3, 0.4) is 0 Å². The number of likely N-dealkylation sites (N-methyl/N-ethyl adjacent to an activating group) is 1. The lowest BCUT2D eigenvalue weighted by Crippen LogP contribution is -2.64. The van der Waals surface area contributed by atoms with Crippen molar-refractivity contribution in [1.29, 1.82) is 0 Å². The Bertz CT molecular complexity index is 359. The Morgan fingerprint density at radius 2 is 2.10 bits per heavy atom. The molecule has 1 saturated carbocycles. The van der Waals surface area contributed by atoms with Crippen molar-refractivity contribution >= 4 is 5.97 Å². The van der Waals surface area contributed by atoms with Gasteiger partial charge in [0.2, 0.25) is 0 Å². The van der Waals surface area contributed by atoms with E-state index >= 15 is 0 Å². The smallest absolute Gasteiger partial charge is 0.327 e. The van der Waals surface area contributed by atoms with Crippen LogP contribution in [0.15, 0.2) is 0 Å². The summed E-state index contributed by atoms with van der Waals surface area (Å²) in [4.78, 5) is 17.4. The molecule has 1 aliphatic heterocycles. The molecule has 0 amide bonds. The molecule has 0 radical (unpaired) electrons. The number of carbonyl (C=O) groups excluding carboxylic acids is 1. The summed E-state index contributed by atoms with van der Waals surface area (Å²) in [6.07, 6.45) is 3.30. The topological polar surface area (TPSA) is 44.8 Å². The van der Waals surface area contributed by atoms with Gasteiger partial charge in [-0.1, -0.05) is 6.92 Å². The minimum Gasteiger partial charge on any atom is -0.468 e. The predicted octanol–water partition coefficient (Wildman–Crippen LogP) is 0.944. The van der Waals surface area contributed by atoms with E-state index in [0.717, 1.165) is 52.0 Å². The number of piperazine rings is 1. The average Bonchev–Trinajstić information content (AvgIpc) is 3.30. The van der Waals surface area contributed by atoms with Gasteiger partial charge >= 0.3 is 5.97 Å². The number of nitrogens with one attached hydrogen (secondary N) is 1. The zero-order valence-corrected chi connectivity index (χ0v) is 14.0. The van der Waals surface area contributed by atoms with E-state index < -0.39 is 5.54 Å². The molecule has 0 aromatic heterocycles. The Labute approximate surface area is 129 Å². The van der Waals surface area contributed by atoms with Crippen LogP contribution in [0.1, 0.15) is 33.1 Å². The van der Waals surface area contributed by atoms with Crippen LogP contribution < -0.4 is 5.32 Å². The van der Waals surface area contributed by atoms with Crippen molar-refractivity contribution < 1.29 is 9.53 Å². The van der Waals surface area contributed by atoms with Crippen LogP contribution in [0, 0.1) is 5.92 Å². The van der Waals surface area contributed by atoms with Crippen LogP contribution >= 0.6 is 0 Å². The molecule has 1 saturated heterocycles. The van der Waals surface area contributed by atoms with E-state index in [4.69, 9.17) is 4.74 Å². The molecule has 122 valence electrons. The lowest BCUT2D eigenvalue weighted by Gasteiger charge is -2.44. The maximum Gasteiger partial charge on any atom is 0.327 e. The molecule has 1 heterocycles. The van der Waals surface area contributed by atoms with E-state index in [-0.39, 0.29) is 5.97 Å². The summed E-state index contributed by atoms with van der Waals surface area (Å²) in [6, 6.07) is 0.481. The molecule has 2 atom stereocenters. The quantitative estimate of drug-likeness (QED) is 0.709. The lowest BCUT2D eigenvalue weighted by atomic mass is 9.91. The first-order chi connectivity index (χ1) is 10.0. The number of esters is 1. The molecule has 0 spiro atoms. The van der Waals surface area contributed by atoms with Gasteiger partial charge in [-0.3, -0.25) is 4.90 Å². The Kier molecular flexibility index (Phi) is 5.63. The Hall–Kier alpha value is -0.650. The molecule has 0 aromatic carbocycles. The van der Waals surface area contributed by atoms with Crippen molar-refractivity contribution in [2.75, 3.05) is 46.9 Å². The summed E-state index contributed by atoms with van der Waals surface area (Å²) in [5, 5.41) is 3.54. The summed E-state index contributed by atoms with van der Waals surface area (Å²) in [5.74, 6) is 0.355. The normalized spacial score (nSPS) is 27.3. The number of ether oxygens (including phenoxy) is 1. The van der Waals surface area contributed by atoms with Gasteiger partial charge in [0.1, 0.15) is 5.54 Å². The van der Waals surface area contributed by atoms with Gasteiger partial charge in [-0.15, -0.1) is 0 Å². The molecule has 21 heavy (non-hydrogen) atoms. The zero-order chi connectivity index (χ0) is 15.5. The van der Waals surface area contributed by atoms with Gasteiger partial charge in [0.05, 0.1) is 7.11 Å². The standard InChI is InChI=1S/C16H31N3O2/c1-5-8-17-16(14-6-7-14,15(20)21-4)12-19-10-9-18(3)11-13(19)2/h13-14,17H,5-12H2,1-4H3. The average molecular weight is 297 g/mol. The number of rotatable bonds is 7. The van der Waals surface area contributed by atoms with E-state index in [0.29, 0.717) is 12.0 Å². The van der Waals surface area contributed by atoms with Crippen molar-refractivity contribution in [1.82, 2.24) is 15.1 Å². The fourth-order valence-corrected chi connectivity index (χ4v) is 3.47. The Balaban J connectivity index is 2.12. The van der Waals surface area contributed by atoms with Crippen LogP contribution in [0.2, 0.25) is 0 Å². The number of hydrogen-bond acceptors (Lipinski definition) is 5. The second kappa shape index (κ2) is 7.07. The first kappa shape index (κ1) is 16.7.